The van der Waals surface area contributed by atoms with Gasteiger partial charge in [-0.25, -0.2) is 8.42 Å². The number of thiol groups is 1. The Morgan fingerprint density at radius 1 is 1.33 bits per heavy atom. The van der Waals surface area contributed by atoms with Crippen molar-refractivity contribution in [3.63, 3.8) is 0 Å². The zero-order chi connectivity index (χ0) is 6.69. The van der Waals surface area contributed by atoms with Crippen molar-refractivity contribution in [2.75, 3.05) is 0 Å². The van der Waals surface area contributed by atoms with E-state index in [4.69, 9.17) is 0 Å². The van der Waals surface area contributed by atoms with E-state index in [-0.39, 0.29) is 5.25 Å². The topological polar surface area (TPSA) is 34.1 Å². The smallest absolute Gasteiger partial charge is 0.143 e. The first kappa shape index (κ1) is 6.81. The van der Waals surface area contributed by atoms with E-state index in [9.17, 15) is 8.42 Å². The summed E-state index contributed by atoms with van der Waals surface area (Å²) in [6.45, 7) is 0. The minimum Gasteiger partial charge on any atom is -0.232 e. The van der Waals surface area contributed by atoms with Crippen LogP contribution in [-0.4, -0.2) is 13.7 Å². The van der Waals surface area contributed by atoms with Crippen molar-refractivity contribution in [3.8, 4) is 0 Å². The van der Waals surface area contributed by atoms with E-state index in [0.717, 1.165) is 19.3 Å². The van der Waals surface area contributed by atoms with Crippen LogP contribution in [-0.2, 0) is 10.7 Å². The lowest BCUT2D eigenvalue weighted by Gasteiger charge is -2.08. The summed E-state index contributed by atoms with van der Waals surface area (Å²) in [4.78, 5) is 0. The van der Waals surface area contributed by atoms with Crippen molar-refractivity contribution < 1.29 is 8.42 Å². The highest BCUT2D eigenvalue weighted by Crippen LogP contribution is 2.12. The maximum Gasteiger partial charge on any atom is 0.143 e. The molecule has 0 aliphatic heterocycles. The fourth-order valence-corrected chi connectivity index (χ4v) is 1.62. The van der Waals surface area contributed by atoms with Gasteiger partial charge in [-0.2, -0.15) is 0 Å². The molecule has 0 fully saturated rings. The zero-order valence-corrected chi connectivity index (χ0v) is 6.01. The molecule has 52 valence electrons. The Labute approximate surface area is 56.5 Å². The summed E-state index contributed by atoms with van der Waals surface area (Å²) in [6, 6.07) is 0. The summed E-state index contributed by atoms with van der Waals surface area (Å²) in [7, 11) is -2.17. The van der Waals surface area contributed by atoms with Crippen LogP contribution in [0.15, 0.2) is 12.2 Å². The van der Waals surface area contributed by atoms with E-state index in [1.165, 1.54) is 0 Å². The molecule has 1 rings (SSSR count). The molecule has 2 nitrogen and oxygen atoms in total. The van der Waals surface area contributed by atoms with Crippen LogP contribution in [0, 0.1) is 0 Å². The van der Waals surface area contributed by atoms with Crippen LogP contribution in [0.5, 0.6) is 0 Å². The molecule has 0 heterocycles. The van der Waals surface area contributed by atoms with Gasteiger partial charge in [0.1, 0.15) is 10.7 Å². The van der Waals surface area contributed by atoms with Gasteiger partial charge in [-0.1, -0.05) is 12.2 Å². The van der Waals surface area contributed by atoms with E-state index in [0.29, 0.717) is 0 Å². The van der Waals surface area contributed by atoms with Crippen molar-refractivity contribution >= 4 is 10.7 Å². The van der Waals surface area contributed by atoms with Crippen LogP contribution in [0.1, 0.15) is 19.3 Å². The lowest BCUT2D eigenvalue weighted by Crippen LogP contribution is -2.10. The lowest BCUT2D eigenvalue weighted by molar-refractivity contribution is 0.588. The van der Waals surface area contributed by atoms with Crippen LogP contribution in [0.4, 0.5) is 0 Å². The van der Waals surface area contributed by atoms with Gasteiger partial charge in [0.05, 0.1) is 5.25 Å². The number of rotatable bonds is 1. The Hall–Kier alpha value is -0.310. The van der Waals surface area contributed by atoms with Gasteiger partial charge in [0.25, 0.3) is 0 Å². The van der Waals surface area contributed by atoms with Crippen LogP contribution in [0.25, 0.3) is 0 Å². The van der Waals surface area contributed by atoms with E-state index in [1.807, 2.05) is 12.2 Å². The molecule has 0 aromatic heterocycles. The molecule has 1 unspecified atom stereocenters. The average molecular weight is 146 g/mol. The number of hydrogen-bond donors (Lipinski definition) is 1. The highest BCUT2D eigenvalue weighted by molar-refractivity contribution is 7.73. The summed E-state index contributed by atoms with van der Waals surface area (Å²) < 4.78 is 20.7. The van der Waals surface area contributed by atoms with Crippen molar-refractivity contribution in [1.82, 2.24) is 0 Å². The Morgan fingerprint density at radius 3 is 2.44 bits per heavy atom. The van der Waals surface area contributed by atoms with Gasteiger partial charge in [0.15, 0.2) is 0 Å². The summed E-state index contributed by atoms with van der Waals surface area (Å²) in [5.74, 6) is 0. The van der Waals surface area contributed by atoms with Gasteiger partial charge in [-0.05, 0) is 19.3 Å². The Bertz CT molecular complexity index is 173. The quantitative estimate of drug-likeness (QED) is 0.436. The molecule has 0 amide bonds. The largest absolute Gasteiger partial charge is 0.232 e. The monoisotopic (exact) mass is 146 g/mol. The fourth-order valence-electron chi connectivity index (χ4n) is 0.969. The Morgan fingerprint density at radius 2 is 2.11 bits per heavy atom. The highest BCUT2D eigenvalue weighted by Gasteiger charge is 2.10. The zero-order valence-electron chi connectivity index (χ0n) is 5.12. The molecular weight excluding hydrogens is 136 g/mol. The number of hydrogen-bond acceptors (Lipinski definition) is 2. The van der Waals surface area contributed by atoms with E-state index < -0.39 is 10.7 Å². The molecule has 0 radical (unpaired) electrons. The SMILES string of the molecule is O=[SH](=O)C1CC=CCC1. The summed E-state index contributed by atoms with van der Waals surface area (Å²) in [5, 5.41) is -0.0787. The average Bonchev–Trinajstić information content (AvgIpc) is 1.90. The molecule has 0 saturated carbocycles. The minimum atomic E-state index is -2.17. The molecule has 9 heavy (non-hydrogen) atoms. The molecule has 0 N–H and O–H groups in total. The van der Waals surface area contributed by atoms with Crippen molar-refractivity contribution in [2.24, 2.45) is 0 Å². The van der Waals surface area contributed by atoms with Gasteiger partial charge in [0, 0.05) is 0 Å². The summed E-state index contributed by atoms with van der Waals surface area (Å²) >= 11 is 0. The van der Waals surface area contributed by atoms with Gasteiger partial charge in [-0.3, -0.25) is 0 Å². The molecular formula is C6H10O2S. The van der Waals surface area contributed by atoms with E-state index >= 15 is 0 Å². The minimum absolute atomic E-state index is 0.0787. The summed E-state index contributed by atoms with van der Waals surface area (Å²) in [5.41, 5.74) is 0. The Balaban J connectivity index is 2.54. The second-order valence-corrected chi connectivity index (χ2v) is 3.52. The third-order valence-electron chi connectivity index (χ3n) is 1.54. The molecule has 1 aliphatic carbocycles. The van der Waals surface area contributed by atoms with Crippen molar-refractivity contribution in [3.05, 3.63) is 12.2 Å². The lowest BCUT2D eigenvalue weighted by atomic mass is 10.1. The van der Waals surface area contributed by atoms with Gasteiger partial charge >= 0.3 is 0 Å². The van der Waals surface area contributed by atoms with E-state index in [1.54, 1.807) is 0 Å². The second kappa shape index (κ2) is 3.01. The highest BCUT2D eigenvalue weighted by atomic mass is 32.2. The van der Waals surface area contributed by atoms with Crippen molar-refractivity contribution in [2.45, 2.75) is 24.5 Å². The fraction of sp³-hybridized carbons (Fsp3) is 0.667. The van der Waals surface area contributed by atoms with Crippen LogP contribution < -0.4 is 0 Å². The summed E-state index contributed by atoms with van der Waals surface area (Å²) in [6.07, 6.45) is 6.44. The van der Waals surface area contributed by atoms with Gasteiger partial charge < -0.3 is 0 Å². The normalized spacial score (nSPS) is 27.0. The van der Waals surface area contributed by atoms with Crippen LogP contribution in [0.2, 0.25) is 0 Å². The second-order valence-electron chi connectivity index (χ2n) is 2.22. The molecule has 0 aromatic rings. The molecule has 0 spiro atoms. The molecule has 3 heteroatoms. The standard InChI is InChI=1S/C6H10O2S/c7-9(8)6-4-2-1-3-5-6/h1-2,6,9H,3-5H2. The van der Waals surface area contributed by atoms with Gasteiger partial charge in [-0.15, -0.1) is 0 Å². The third-order valence-corrected chi connectivity index (χ3v) is 2.60. The first-order valence-corrected chi connectivity index (χ1v) is 4.34. The van der Waals surface area contributed by atoms with Crippen LogP contribution in [0.3, 0.4) is 0 Å². The maximum atomic E-state index is 10.4. The van der Waals surface area contributed by atoms with Crippen LogP contribution >= 0.6 is 0 Å². The molecule has 1 atom stereocenters. The van der Waals surface area contributed by atoms with Gasteiger partial charge in [0.2, 0.25) is 0 Å². The molecule has 1 aliphatic rings. The third kappa shape index (κ3) is 1.82. The number of allylic oxidation sites excluding steroid dienone is 2. The first-order valence-electron chi connectivity index (χ1n) is 3.09. The molecule has 0 aromatic carbocycles. The molecule has 0 saturated heterocycles. The van der Waals surface area contributed by atoms with E-state index in [2.05, 4.69) is 0 Å². The first-order chi connectivity index (χ1) is 4.30. The molecule has 0 bridgehead atoms. The van der Waals surface area contributed by atoms with Crippen molar-refractivity contribution in [1.29, 1.82) is 0 Å². The maximum absolute atomic E-state index is 10.4. The predicted molar refractivity (Wildman–Crippen MR) is 37.1 cm³/mol. The Kier molecular flexibility index (Phi) is 2.28. The predicted octanol–water partition coefficient (Wildman–Crippen LogP) is 0.707.